The third-order valence-corrected chi connectivity index (χ3v) is 9.53. The maximum atomic E-state index is 13.8. The molecular formula is C29H31F3N2O6S. The topological polar surface area (TPSA) is 96.4 Å². The third-order valence-electron chi connectivity index (χ3n) is 7.74. The van der Waals surface area contributed by atoms with Gasteiger partial charge in [0, 0.05) is 31.1 Å². The van der Waals surface area contributed by atoms with E-state index in [0.717, 1.165) is 52.5 Å². The number of methoxy groups -OCH3 is 1. The normalized spacial score (nSPS) is 23.1. The number of likely N-dealkylation sites (tertiary alicyclic amines) is 1. The van der Waals surface area contributed by atoms with Crippen LogP contribution in [0.3, 0.4) is 0 Å². The Morgan fingerprint density at radius 3 is 2.66 bits per heavy atom. The lowest BCUT2D eigenvalue weighted by Gasteiger charge is -2.42. The molecule has 1 aliphatic carbocycles. The summed E-state index contributed by atoms with van der Waals surface area (Å²) < 4.78 is 80.7. The van der Waals surface area contributed by atoms with Crippen molar-refractivity contribution in [2.24, 2.45) is 0 Å². The van der Waals surface area contributed by atoms with Crippen molar-refractivity contribution in [3.05, 3.63) is 83.2 Å². The van der Waals surface area contributed by atoms with Gasteiger partial charge in [0.25, 0.3) is 10.0 Å². The van der Waals surface area contributed by atoms with E-state index in [9.17, 15) is 26.4 Å². The average Bonchev–Trinajstić information content (AvgIpc) is 3.45. The molecule has 2 saturated heterocycles. The van der Waals surface area contributed by atoms with Crippen LogP contribution >= 0.6 is 0 Å². The van der Waals surface area contributed by atoms with Crippen LogP contribution in [0.4, 0.5) is 13.2 Å². The molecule has 0 saturated carbocycles. The van der Waals surface area contributed by atoms with E-state index in [2.05, 4.69) is 4.90 Å². The number of alkyl halides is 3. The van der Waals surface area contributed by atoms with Gasteiger partial charge in [-0.3, -0.25) is 9.10 Å². The van der Waals surface area contributed by atoms with E-state index in [0.29, 0.717) is 24.7 Å². The van der Waals surface area contributed by atoms with Crippen LogP contribution < -0.4 is 4.74 Å². The Balaban J connectivity index is 1.45. The quantitative estimate of drug-likeness (QED) is 0.461. The van der Waals surface area contributed by atoms with Gasteiger partial charge in [-0.05, 0) is 55.2 Å². The number of carboxylic acids is 1. The van der Waals surface area contributed by atoms with E-state index >= 15 is 0 Å². The monoisotopic (exact) mass is 592 g/mol. The van der Waals surface area contributed by atoms with E-state index in [1.807, 2.05) is 30.3 Å². The van der Waals surface area contributed by atoms with Crippen LogP contribution in [0, 0.1) is 0 Å². The standard InChI is InChI=1S/C29H31F3N2O6S/c1-39-26-8-3-2-7-24(26)19-13-14-33(17-19)21-9-11-27-25(16-21)34(18-22(40-27)10-12-28(35)36)41(37,38)23-6-4-5-20(15-23)29(30,31)32/h2-9,15-16,19,22,27H,10-14,17-18H2,1H3,(H,35,36)/t19?,22-,27?/m0/s1. The second-order valence-corrected chi connectivity index (χ2v) is 12.2. The van der Waals surface area contributed by atoms with Gasteiger partial charge in [-0.2, -0.15) is 13.2 Å². The summed E-state index contributed by atoms with van der Waals surface area (Å²) in [6, 6.07) is 11.5. The Hall–Kier alpha value is -3.51. The lowest BCUT2D eigenvalue weighted by Crippen LogP contribution is -2.49. The van der Waals surface area contributed by atoms with E-state index < -0.39 is 44.8 Å². The van der Waals surface area contributed by atoms with E-state index in [1.54, 1.807) is 13.2 Å². The minimum absolute atomic E-state index is 0.0665. The summed E-state index contributed by atoms with van der Waals surface area (Å²) in [5.74, 6) is -0.0374. The van der Waals surface area contributed by atoms with Crippen molar-refractivity contribution in [2.45, 2.75) is 54.9 Å². The van der Waals surface area contributed by atoms with Crippen LogP contribution in [0.15, 0.2) is 77.0 Å². The highest BCUT2D eigenvalue weighted by Crippen LogP contribution is 2.40. The van der Waals surface area contributed by atoms with Gasteiger partial charge in [-0.1, -0.05) is 30.3 Å². The van der Waals surface area contributed by atoms with Gasteiger partial charge in [0.1, 0.15) is 11.9 Å². The Morgan fingerprint density at radius 1 is 1.15 bits per heavy atom. The molecule has 2 aromatic rings. The van der Waals surface area contributed by atoms with Crippen LogP contribution in [-0.4, -0.2) is 67.7 Å². The van der Waals surface area contributed by atoms with Crippen molar-refractivity contribution < 1.29 is 41.0 Å². The fourth-order valence-electron chi connectivity index (χ4n) is 5.69. The molecule has 5 rings (SSSR count). The first kappa shape index (κ1) is 29.0. The number of nitrogens with zero attached hydrogens (tertiary/aromatic N) is 2. The molecule has 0 radical (unpaired) electrons. The maximum absolute atomic E-state index is 13.8. The number of hydrogen-bond donors (Lipinski definition) is 1. The molecule has 0 amide bonds. The highest BCUT2D eigenvalue weighted by atomic mass is 32.2. The zero-order chi connectivity index (χ0) is 29.4. The number of carbonyl (C=O) groups is 1. The molecule has 2 heterocycles. The number of fused-ring (bicyclic) bond motifs is 1. The minimum Gasteiger partial charge on any atom is -0.496 e. The summed E-state index contributed by atoms with van der Waals surface area (Å²) in [6.45, 7) is 1.21. The Labute approximate surface area is 236 Å². The number of rotatable bonds is 8. The van der Waals surface area contributed by atoms with Gasteiger partial charge in [0.15, 0.2) is 0 Å². The Morgan fingerprint density at radius 2 is 1.93 bits per heavy atom. The minimum atomic E-state index is -4.71. The van der Waals surface area contributed by atoms with Crippen molar-refractivity contribution >= 4 is 16.0 Å². The number of halogens is 3. The van der Waals surface area contributed by atoms with Crippen LogP contribution in [0.2, 0.25) is 0 Å². The lowest BCUT2D eigenvalue weighted by molar-refractivity contribution is -0.139. The van der Waals surface area contributed by atoms with Crippen LogP contribution in [0.5, 0.6) is 5.75 Å². The molecule has 220 valence electrons. The highest BCUT2D eigenvalue weighted by Gasteiger charge is 2.41. The first-order chi connectivity index (χ1) is 19.5. The predicted molar refractivity (Wildman–Crippen MR) is 144 cm³/mol. The lowest BCUT2D eigenvalue weighted by atomic mass is 9.97. The maximum Gasteiger partial charge on any atom is 0.416 e. The van der Waals surface area contributed by atoms with Gasteiger partial charge >= 0.3 is 12.1 Å². The van der Waals surface area contributed by atoms with Gasteiger partial charge in [-0.15, -0.1) is 0 Å². The highest BCUT2D eigenvalue weighted by molar-refractivity contribution is 7.89. The number of hydrogen-bond acceptors (Lipinski definition) is 6. The van der Waals surface area contributed by atoms with Crippen LogP contribution in [-0.2, 0) is 25.7 Å². The van der Waals surface area contributed by atoms with Crippen molar-refractivity contribution in [2.75, 3.05) is 26.7 Å². The Bertz CT molecular complexity index is 1470. The predicted octanol–water partition coefficient (Wildman–Crippen LogP) is 5.00. The molecule has 2 aliphatic heterocycles. The molecule has 2 unspecified atom stereocenters. The van der Waals surface area contributed by atoms with Gasteiger partial charge in [0.2, 0.25) is 0 Å². The average molecular weight is 593 g/mol. The van der Waals surface area contributed by atoms with E-state index in [1.165, 1.54) is 0 Å². The summed E-state index contributed by atoms with van der Waals surface area (Å²) in [5, 5.41) is 9.15. The summed E-state index contributed by atoms with van der Waals surface area (Å²) in [5.41, 5.74) is 1.16. The van der Waals surface area contributed by atoms with E-state index in [-0.39, 0.29) is 25.3 Å². The second kappa shape index (κ2) is 11.4. The zero-order valence-electron chi connectivity index (χ0n) is 22.4. The largest absolute Gasteiger partial charge is 0.496 e. The number of morpholine rings is 1. The summed E-state index contributed by atoms with van der Waals surface area (Å²) in [6.07, 6.45) is -1.38. The molecule has 41 heavy (non-hydrogen) atoms. The Kier molecular flexibility index (Phi) is 8.06. The molecule has 0 aromatic heterocycles. The molecule has 1 N–H and O–H groups in total. The van der Waals surface area contributed by atoms with E-state index in [4.69, 9.17) is 14.6 Å². The molecule has 0 spiro atoms. The first-order valence-corrected chi connectivity index (χ1v) is 14.8. The van der Waals surface area contributed by atoms with Crippen molar-refractivity contribution in [3.8, 4) is 5.75 Å². The number of para-hydroxylation sites is 1. The first-order valence-electron chi connectivity index (χ1n) is 13.3. The van der Waals surface area contributed by atoms with Crippen LogP contribution in [0.25, 0.3) is 0 Å². The number of aliphatic carboxylic acids is 1. The SMILES string of the molecule is COc1ccccc1C1CCN(C2=CCC3O[C@@H](CCC(=O)O)CN(S(=O)(=O)c4cccc(C(F)(F)F)c4)C3=C2)C1. The number of carboxylic acid groups (broad SMARTS) is 1. The zero-order valence-corrected chi connectivity index (χ0v) is 23.2. The molecule has 0 bridgehead atoms. The molecule has 2 aromatic carbocycles. The third kappa shape index (κ3) is 6.08. The number of benzene rings is 2. The summed E-state index contributed by atoms with van der Waals surface area (Å²) >= 11 is 0. The molecule has 3 aliphatic rings. The van der Waals surface area contributed by atoms with Crippen molar-refractivity contribution in [3.63, 3.8) is 0 Å². The molecule has 3 atom stereocenters. The van der Waals surface area contributed by atoms with Gasteiger partial charge in [0.05, 0.1) is 35.9 Å². The second-order valence-electron chi connectivity index (χ2n) is 10.3. The number of ether oxygens (including phenoxy) is 2. The van der Waals surface area contributed by atoms with Crippen molar-refractivity contribution in [1.82, 2.24) is 9.21 Å². The number of allylic oxidation sites excluding steroid dienone is 1. The smallest absolute Gasteiger partial charge is 0.416 e. The van der Waals surface area contributed by atoms with Crippen LogP contribution in [0.1, 0.15) is 42.7 Å². The van der Waals surface area contributed by atoms with Crippen molar-refractivity contribution in [1.29, 1.82) is 0 Å². The molecule has 8 nitrogen and oxygen atoms in total. The molecule has 12 heteroatoms. The molecule has 2 fully saturated rings. The van der Waals surface area contributed by atoms with Gasteiger partial charge < -0.3 is 19.5 Å². The fourth-order valence-corrected chi connectivity index (χ4v) is 7.28. The summed E-state index contributed by atoms with van der Waals surface area (Å²) in [7, 11) is -2.79. The number of sulfonamides is 1. The molecular weight excluding hydrogens is 561 g/mol. The van der Waals surface area contributed by atoms with Gasteiger partial charge in [-0.25, -0.2) is 8.42 Å². The summed E-state index contributed by atoms with van der Waals surface area (Å²) in [4.78, 5) is 12.9. The fraction of sp³-hybridized carbons (Fsp3) is 0.414.